The normalized spacial score (nSPS) is 28.5. The third kappa shape index (κ3) is 3.47. The van der Waals surface area contributed by atoms with E-state index in [1.54, 1.807) is 0 Å². The van der Waals surface area contributed by atoms with Crippen molar-refractivity contribution < 1.29 is 5.11 Å². The fourth-order valence-corrected chi connectivity index (χ4v) is 4.09. The average molecular weight is 288 g/mol. The molecule has 2 aliphatic heterocycles. The fraction of sp³-hybridized carbons (Fsp3) is 0.667. The van der Waals surface area contributed by atoms with Crippen LogP contribution in [-0.2, 0) is 6.54 Å². The monoisotopic (exact) mass is 288 g/mol. The molecule has 0 spiro atoms. The van der Waals surface area contributed by atoms with Crippen LogP contribution in [0, 0.1) is 0 Å². The number of piperazine rings is 1. The summed E-state index contributed by atoms with van der Waals surface area (Å²) in [5.74, 6) is 0. The highest BCUT2D eigenvalue weighted by Crippen LogP contribution is 2.31. The molecule has 116 valence electrons. The van der Waals surface area contributed by atoms with Gasteiger partial charge in [0.15, 0.2) is 0 Å². The smallest absolute Gasteiger partial charge is 0.107 e. The van der Waals surface area contributed by atoms with Gasteiger partial charge < -0.3 is 5.11 Å². The molecule has 2 fully saturated rings. The number of aliphatic hydroxyl groups is 1. The van der Waals surface area contributed by atoms with E-state index < -0.39 is 0 Å². The predicted octanol–water partition coefficient (Wildman–Crippen LogP) is 2.84. The van der Waals surface area contributed by atoms with E-state index in [1.807, 2.05) is 0 Å². The summed E-state index contributed by atoms with van der Waals surface area (Å²) in [6.45, 7) is 5.41. The van der Waals surface area contributed by atoms with Gasteiger partial charge >= 0.3 is 0 Å². The highest BCUT2D eigenvalue weighted by atomic mass is 16.3. The molecule has 3 unspecified atom stereocenters. The van der Waals surface area contributed by atoms with Gasteiger partial charge in [0.25, 0.3) is 0 Å². The predicted molar refractivity (Wildman–Crippen MR) is 85.9 cm³/mol. The Morgan fingerprint density at radius 3 is 2.43 bits per heavy atom. The maximum absolute atomic E-state index is 10.5. The number of hydrogen-bond acceptors (Lipinski definition) is 3. The first-order valence-electron chi connectivity index (χ1n) is 8.49. The van der Waals surface area contributed by atoms with Crippen LogP contribution in [0.4, 0.5) is 0 Å². The zero-order valence-corrected chi connectivity index (χ0v) is 13.1. The Labute approximate surface area is 128 Å². The summed E-state index contributed by atoms with van der Waals surface area (Å²) in [4.78, 5) is 5.01. The lowest BCUT2D eigenvalue weighted by molar-refractivity contribution is -0.115. The van der Waals surface area contributed by atoms with Crippen LogP contribution in [0.5, 0.6) is 0 Å². The van der Waals surface area contributed by atoms with Crippen LogP contribution >= 0.6 is 0 Å². The Bertz CT molecular complexity index is 422. The third-order valence-corrected chi connectivity index (χ3v) is 5.00. The van der Waals surface area contributed by atoms with Gasteiger partial charge in [0, 0.05) is 31.7 Å². The van der Waals surface area contributed by atoms with E-state index in [9.17, 15) is 5.11 Å². The first kappa shape index (κ1) is 15.0. The number of piperidine rings is 1. The van der Waals surface area contributed by atoms with Crippen molar-refractivity contribution in [1.82, 2.24) is 9.80 Å². The first-order chi connectivity index (χ1) is 10.3. The topological polar surface area (TPSA) is 26.7 Å². The van der Waals surface area contributed by atoms with Gasteiger partial charge in [-0.25, -0.2) is 0 Å². The number of nitrogens with zero attached hydrogens (tertiary/aromatic N) is 2. The molecule has 3 atom stereocenters. The van der Waals surface area contributed by atoms with E-state index in [0.29, 0.717) is 12.1 Å². The molecule has 1 aromatic carbocycles. The molecule has 2 aliphatic rings. The molecule has 3 nitrogen and oxygen atoms in total. The molecule has 0 radical (unpaired) electrons. The van der Waals surface area contributed by atoms with Crippen LogP contribution < -0.4 is 0 Å². The average Bonchev–Trinajstić information content (AvgIpc) is 2.47. The number of benzene rings is 1. The standard InChI is InChI=1S/C18H28N2O/c1-2-7-18(21)20-16-10-6-11-17(20)14-19(13-16)12-15-8-4-3-5-9-15/h3-5,8-9,16-18,21H,2,6-7,10-14H2,1H3. The van der Waals surface area contributed by atoms with Crippen LogP contribution in [-0.4, -0.2) is 46.3 Å². The summed E-state index contributed by atoms with van der Waals surface area (Å²) in [7, 11) is 0. The van der Waals surface area contributed by atoms with Crippen molar-refractivity contribution in [3.63, 3.8) is 0 Å². The van der Waals surface area contributed by atoms with E-state index in [4.69, 9.17) is 0 Å². The molecule has 1 N–H and O–H groups in total. The highest BCUT2D eigenvalue weighted by Gasteiger charge is 2.39. The van der Waals surface area contributed by atoms with Crippen molar-refractivity contribution in [1.29, 1.82) is 0 Å². The minimum atomic E-state index is -0.232. The Morgan fingerprint density at radius 2 is 1.81 bits per heavy atom. The molecular formula is C18H28N2O. The molecule has 2 saturated heterocycles. The van der Waals surface area contributed by atoms with Gasteiger partial charge in [-0.1, -0.05) is 50.1 Å². The van der Waals surface area contributed by atoms with Crippen molar-refractivity contribution in [2.24, 2.45) is 0 Å². The lowest BCUT2D eigenvalue weighted by atomic mass is 9.90. The fourth-order valence-electron chi connectivity index (χ4n) is 4.09. The lowest BCUT2D eigenvalue weighted by Crippen LogP contribution is -2.63. The zero-order chi connectivity index (χ0) is 14.7. The van der Waals surface area contributed by atoms with Crippen molar-refractivity contribution in [3.05, 3.63) is 35.9 Å². The van der Waals surface area contributed by atoms with Gasteiger partial charge in [0.2, 0.25) is 0 Å². The Hall–Kier alpha value is -0.900. The van der Waals surface area contributed by atoms with Crippen LogP contribution in [0.3, 0.4) is 0 Å². The van der Waals surface area contributed by atoms with Gasteiger partial charge in [-0.05, 0) is 24.8 Å². The summed E-state index contributed by atoms with van der Waals surface area (Å²) in [5, 5.41) is 10.5. The van der Waals surface area contributed by atoms with Crippen molar-refractivity contribution >= 4 is 0 Å². The third-order valence-electron chi connectivity index (χ3n) is 5.00. The molecular weight excluding hydrogens is 260 g/mol. The summed E-state index contributed by atoms with van der Waals surface area (Å²) in [6, 6.07) is 11.8. The van der Waals surface area contributed by atoms with E-state index in [2.05, 4.69) is 47.1 Å². The number of fused-ring (bicyclic) bond motifs is 2. The molecule has 2 heterocycles. The van der Waals surface area contributed by atoms with Gasteiger partial charge in [-0.15, -0.1) is 0 Å². The molecule has 0 saturated carbocycles. The Kier molecular flexibility index (Phi) is 4.94. The maximum Gasteiger partial charge on any atom is 0.107 e. The molecule has 0 aromatic heterocycles. The van der Waals surface area contributed by atoms with Crippen LogP contribution in [0.25, 0.3) is 0 Å². The van der Waals surface area contributed by atoms with E-state index >= 15 is 0 Å². The number of hydrogen-bond donors (Lipinski definition) is 1. The minimum Gasteiger partial charge on any atom is -0.378 e. The Balaban J connectivity index is 1.65. The highest BCUT2D eigenvalue weighted by molar-refractivity contribution is 5.14. The molecule has 1 aromatic rings. The quantitative estimate of drug-likeness (QED) is 0.902. The van der Waals surface area contributed by atoms with E-state index in [1.165, 1.54) is 24.8 Å². The molecule has 3 heteroatoms. The van der Waals surface area contributed by atoms with E-state index in [-0.39, 0.29) is 6.23 Å². The molecule has 0 aliphatic carbocycles. The summed E-state index contributed by atoms with van der Waals surface area (Å²) < 4.78 is 0. The van der Waals surface area contributed by atoms with Crippen molar-refractivity contribution in [2.45, 2.75) is 63.9 Å². The molecule has 0 amide bonds. The molecule has 3 rings (SSSR count). The Morgan fingerprint density at radius 1 is 1.14 bits per heavy atom. The second-order valence-electron chi connectivity index (χ2n) is 6.63. The first-order valence-corrected chi connectivity index (χ1v) is 8.49. The second kappa shape index (κ2) is 6.91. The summed E-state index contributed by atoms with van der Waals surface area (Å²) in [5.41, 5.74) is 1.40. The summed E-state index contributed by atoms with van der Waals surface area (Å²) >= 11 is 0. The lowest BCUT2D eigenvalue weighted by Gasteiger charge is -2.52. The molecule has 21 heavy (non-hydrogen) atoms. The second-order valence-corrected chi connectivity index (χ2v) is 6.63. The zero-order valence-electron chi connectivity index (χ0n) is 13.1. The SMILES string of the molecule is CCCC(O)N1C2CCCC1CN(Cc1ccccc1)C2. The van der Waals surface area contributed by atoms with Gasteiger partial charge in [0.05, 0.1) is 0 Å². The van der Waals surface area contributed by atoms with Gasteiger partial charge in [-0.3, -0.25) is 9.80 Å². The largest absolute Gasteiger partial charge is 0.378 e. The van der Waals surface area contributed by atoms with Crippen LogP contribution in [0.15, 0.2) is 30.3 Å². The van der Waals surface area contributed by atoms with Crippen LogP contribution in [0.2, 0.25) is 0 Å². The van der Waals surface area contributed by atoms with E-state index in [0.717, 1.165) is 32.5 Å². The number of aliphatic hydroxyl groups excluding tert-OH is 1. The molecule has 2 bridgehead atoms. The van der Waals surface area contributed by atoms with Gasteiger partial charge in [-0.2, -0.15) is 0 Å². The minimum absolute atomic E-state index is 0.232. The van der Waals surface area contributed by atoms with Crippen LogP contribution in [0.1, 0.15) is 44.6 Å². The van der Waals surface area contributed by atoms with Crippen molar-refractivity contribution in [3.8, 4) is 0 Å². The number of rotatable bonds is 5. The maximum atomic E-state index is 10.5. The summed E-state index contributed by atoms with van der Waals surface area (Å²) in [6.07, 6.45) is 5.54. The number of likely N-dealkylation sites (tertiary alicyclic amines) is 1. The van der Waals surface area contributed by atoms with Gasteiger partial charge in [0.1, 0.15) is 6.23 Å². The van der Waals surface area contributed by atoms with Crippen molar-refractivity contribution in [2.75, 3.05) is 13.1 Å².